The molecule has 0 aliphatic rings. The van der Waals surface area contributed by atoms with Gasteiger partial charge in [-0.15, -0.1) is 0 Å². The molecular weight excluding hydrogens is 326 g/mol. The van der Waals surface area contributed by atoms with Gasteiger partial charge in [0.1, 0.15) is 5.75 Å². The summed E-state index contributed by atoms with van der Waals surface area (Å²) in [6, 6.07) is 14.8. The number of hydrogen-bond acceptors (Lipinski definition) is 2. The second-order valence-electron chi connectivity index (χ2n) is 5.24. The Balaban J connectivity index is 2.20. The van der Waals surface area contributed by atoms with Gasteiger partial charge in [-0.25, -0.2) is 0 Å². The fourth-order valence-corrected chi connectivity index (χ4v) is 2.85. The molecule has 2 rings (SSSR count). The maximum absolute atomic E-state index is 5.86. The molecule has 112 valence electrons. The lowest BCUT2D eigenvalue weighted by Crippen LogP contribution is -2.09. The van der Waals surface area contributed by atoms with Crippen LogP contribution in [-0.4, -0.2) is 6.61 Å². The summed E-state index contributed by atoms with van der Waals surface area (Å²) >= 11 is 3.61. The summed E-state index contributed by atoms with van der Waals surface area (Å²) in [4.78, 5) is 0. The molecule has 0 saturated heterocycles. The average Bonchev–Trinajstić information content (AvgIpc) is 2.47. The van der Waals surface area contributed by atoms with Crippen molar-refractivity contribution in [3.63, 3.8) is 0 Å². The molecule has 0 bridgehead atoms. The summed E-state index contributed by atoms with van der Waals surface area (Å²) in [6.45, 7) is 7.09. The van der Waals surface area contributed by atoms with E-state index < -0.39 is 0 Å². The zero-order chi connectivity index (χ0) is 15.2. The molecule has 2 nitrogen and oxygen atoms in total. The van der Waals surface area contributed by atoms with Gasteiger partial charge in [0.2, 0.25) is 0 Å². The van der Waals surface area contributed by atoms with E-state index in [1.807, 2.05) is 6.07 Å². The van der Waals surface area contributed by atoms with Gasteiger partial charge in [-0.05, 0) is 49.6 Å². The molecule has 2 aromatic carbocycles. The van der Waals surface area contributed by atoms with Crippen molar-refractivity contribution >= 4 is 21.6 Å². The van der Waals surface area contributed by atoms with Crippen molar-refractivity contribution in [2.45, 2.75) is 33.2 Å². The van der Waals surface area contributed by atoms with Crippen LogP contribution in [0, 0.1) is 6.92 Å². The maximum Gasteiger partial charge on any atom is 0.142 e. The van der Waals surface area contributed by atoms with E-state index in [2.05, 4.69) is 78.4 Å². The molecule has 2 aromatic rings. The molecule has 0 aromatic heterocycles. The minimum absolute atomic E-state index is 0.201. The van der Waals surface area contributed by atoms with E-state index in [0.717, 1.165) is 28.9 Å². The Morgan fingerprint density at radius 1 is 1.19 bits per heavy atom. The summed E-state index contributed by atoms with van der Waals surface area (Å²) in [6.07, 6.45) is 1.01. The van der Waals surface area contributed by atoms with Gasteiger partial charge in [0.25, 0.3) is 0 Å². The van der Waals surface area contributed by atoms with E-state index in [9.17, 15) is 0 Å². The van der Waals surface area contributed by atoms with Crippen LogP contribution in [0.1, 0.15) is 37.4 Å². The van der Waals surface area contributed by atoms with Gasteiger partial charge < -0.3 is 10.1 Å². The number of halogens is 1. The SMILES string of the molecule is CCCOc1cc(C)ccc1NC(C)c1ccccc1Br. The fourth-order valence-electron chi connectivity index (χ4n) is 2.22. The Bertz CT molecular complexity index is 598. The maximum atomic E-state index is 5.86. The first-order valence-corrected chi connectivity index (χ1v) is 8.15. The Morgan fingerprint density at radius 3 is 2.67 bits per heavy atom. The summed E-state index contributed by atoms with van der Waals surface area (Å²) in [5.41, 5.74) is 3.48. The summed E-state index contributed by atoms with van der Waals surface area (Å²) in [5.74, 6) is 0.927. The van der Waals surface area contributed by atoms with Crippen LogP contribution in [0.3, 0.4) is 0 Å². The van der Waals surface area contributed by atoms with Gasteiger partial charge in [-0.3, -0.25) is 0 Å². The molecule has 0 spiro atoms. The van der Waals surface area contributed by atoms with Crippen LogP contribution in [0.4, 0.5) is 5.69 Å². The molecule has 0 radical (unpaired) electrons. The third kappa shape index (κ3) is 4.24. The topological polar surface area (TPSA) is 21.3 Å². The minimum atomic E-state index is 0.201. The third-order valence-electron chi connectivity index (χ3n) is 3.34. The first-order valence-electron chi connectivity index (χ1n) is 7.36. The molecule has 1 atom stereocenters. The van der Waals surface area contributed by atoms with Gasteiger partial charge in [0.15, 0.2) is 0 Å². The smallest absolute Gasteiger partial charge is 0.142 e. The van der Waals surface area contributed by atoms with Gasteiger partial charge in [-0.2, -0.15) is 0 Å². The van der Waals surface area contributed by atoms with E-state index in [0.29, 0.717) is 0 Å². The Hall–Kier alpha value is -1.48. The van der Waals surface area contributed by atoms with Crippen LogP contribution in [0.2, 0.25) is 0 Å². The second kappa shape index (κ2) is 7.51. The van der Waals surface area contributed by atoms with E-state index in [4.69, 9.17) is 4.74 Å². The number of hydrogen-bond donors (Lipinski definition) is 1. The number of nitrogens with one attached hydrogen (secondary N) is 1. The van der Waals surface area contributed by atoms with Crippen LogP contribution in [0.25, 0.3) is 0 Å². The average molecular weight is 348 g/mol. The molecule has 0 amide bonds. The van der Waals surface area contributed by atoms with Gasteiger partial charge in [0.05, 0.1) is 12.3 Å². The predicted molar refractivity (Wildman–Crippen MR) is 93.1 cm³/mol. The van der Waals surface area contributed by atoms with Crippen molar-refractivity contribution in [1.29, 1.82) is 0 Å². The Labute approximate surface area is 135 Å². The zero-order valence-electron chi connectivity index (χ0n) is 12.8. The first kappa shape index (κ1) is 15.9. The predicted octanol–water partition coefficient (Wildman–Crippen LogP) is 5.72. The van der Waals surface area contributed by atoms with Crippen LogP contribution < -0.4 is 10.1 Å². The second-order valence-corrected chi connectivity index (χ2v) is 6.09. The Kier molecular flexibility index (Phi) is 5.68. The normalized spacial score (nSPS) is 12.0. The lowest BCUT2D eigenvalue weighted by molar-refractivity contribution is 0.318. The van der Waals surface area contributed by atoms with Gasteiger partial charge in [-0.1, -0.05) is 47.1 Å². The van der Waals surface area contributed by atoms with Gasteiger partial charge in [0, 0.05) is 10.5 Å². The van der Waals surface area contributed by atoms with E-state index in [-0.39, 0.29) is 6.04 Å². The van der Waals surface area contributed by atoms with Gasteiger partial charge >= 0.3 is 0 Å². The van der Waals surface area contributed by atoms with Crippen LogP contribution in [-0.2, 0) is 0 Å². The zero-order valence-corrected chi connectivity index (χ0v) is 14.4. The molecule has 0 heterocycles. The lowest BCUT2D eigenvalue weighted by atomic mass is 10.1. The Morgan fingerprint density at radius 2 is 1.95 bits per heavy atom. The summed E-state index contributed by atoms with van der Waals surface area (Å²) in [7, 11) is 0. The van der Waals surface area contributed by atoms with Crippen LogP contribution in [0.15, 0.2) is 46.9 Å². The van der Waals surface area contributed by atoms with Crippen molar-refractivity contribution in [1.82, 2.24) is 0 Å². The highest BCUT2D eigenvalue weighted by atomic mass is 79.9. The van der Waals surface area contributed by atoms with E-state index in [1.165, 1.54) is 11.1 Å². The summed E-state index contributed by atoms with van der Waals surface area (Å²) in [5, 5.41) is 3.55. The van der Waals surface area contributed by atoms with E-state index in [1.54, 1.807) is 0 Å². The highest BCUT2D eigenvalue weighted by Gasteiger charge is 2.11. The monoisotopic (exact) mass is 347 g/mol. The molecule has 0 fully saturated rings. The van der Waals surface area contributed by atoms with Crippen LogP contribution in [0.5, 0.6) is 5.75 Å². The van der Waals surface area contributed by atoms with Crippen LogP contribution >= 0.6 is 15.9 Å². The molecular formula is C18H22BrNO. The fraction of sp³-hybridized carbons (Fsp3) is 0.333. The van der Waals surface area contributed by atoms with Crippen molar-refractivity contribution in [2.75, 3.05) is 11.9 Å². The number of rotatable bonds is 6. The highest BCUT2D eigenvalue weighted by molar-refractivity contribution is 9.10. The molecule has 3 heteroatoms. The largest absolute Gasteiger partial charge is 0.491 e. The first-order chi connectivity index (χ1) is 10.1. The number of anilines is 1. The number of ether oxygens (including phenoxy) is 1. The number of benzene rings is 2. The molecule has 0 aliphatic carbocycles. The van der Waals surface area contributed by atoms with Crippen molar-refractivity contribution in [3.05, 3.63) is 58.1 Å². The van der Waals surface area contributed by atoms with Crippen molar-refractivity contribution in [2.24, 2.45) is 0 Å². The third-order valence-corrected chi connectivity index (χ3v) is 4.06. The van der Waals surface area contributed by atoms with Crippen molar-refractivity contribution in [3.8, 4) is 5.75 Å². The molecule has 0 saturated carbocycles. The quantitative estimate of drug-likeness (QED) is 0.721. The molecule has 1 unspecified atom stereocenters. The standard InChI is InChI=1S/C18H22BrNO/c1-4-11-21-18-12-13(2)9-10-17(18)20-14(3)15-7-5-6-8-16(15)19/h5-10,12,14,20H,4,11H2,1-3H3. The van der Waals surface area contributed by atoms with E-state index >= 15 is 0 Å². The van der Waals surface area contributed by atoms with Crippen molar-refractivity contribution < 1.29 is 4.74 Å². The number of aryl methyl sites for hydroxylation is 1. The molecule has 1 N–H and O–H groups in total. The lowest BCUT2D eigenvalue weighted by Gasteiger charge is -2.20. The molecule has 0 aliphatic heterocycles. The summed E-state index contributed by atoms with van der Waals surface area (Å²) < 4.78 is 6.98. The minimum Gasteiger partial charge on any atom is -0.491 e. The molecule has 21 heavy (non-hydrogen) atoms. The highest BCUT2D eigenvalue weighted by Crippen LogP contribution is 2.31.